The number of rotatable bonds is 21. The summed E-state index contributed by atoms with van der Waals surface area (Å²) in [5, 5.41) is 26.6. The number of benzene rings is 5. The number of Topliss-reactive ketones (excluding diaryl/α,β-unsaturated/α-hetero) is 2. The molecule has 5 aromatic carbocycles. The van der Waals surface area contributed by atoms with E-state index in [9.17, 15) is 28.8 Å². The Balaban J connectivity index is 1.30. The number of hydrogen-bond acceptors (Lipinski definition) is 12. The molecule has 4 N–H and O–H groups in total. The van der Waals surface area contributed by atoms with E-state index in [0.29, 0.717) is 53.0 Å². The minimum Gasteiger partial charge on any atom is -0.495 e. The number of hydrogen-bond donors (Lipinski definition) is 4. The summed E-state index contributed by atoms with van der Waals surface area (Å²) in [4.78, 5) is 79.3. The highest BCUT2D eigenvalue weighted by Gasteiger charge is 2.27. The number of alkyl halides is 3. The normalized spacial score (nSPS) is 12.5. The topological polar surface area (TPSA) is 218 Å². The maximum Gasteiger partial charge on any atom is 0.258 e. The third-order valence-electron chi connectivity index (χ3n) is 10.0. The predicted molar refractivity (Wildman–Crippen MR) is 270 cm³/mol. The number of aryl methyl sites for hydroxylation is 2. The number of amides is 4. The van der Waals surface area contributed by atoms with Crippen molar-refractivity contribution in [2.45, 2.75) is 51.1 Å². The van der Waals surface area contributed by atoms with Crippen molar-refractivity contribution < 1.29 is 38.2 Å². The number of carbonyl (C=O) groups is 6. The number of nitrogens with zero attached hydrogens (tertiary/aromatic N) is 4. The third-order valence-corrected chi connectivity index (χ3v) is 11.1. The van der Waals surface area contributed by atoms with Crippen molar-refractivity contribution in [2.75, 3.05) is 47.2 Å². The Kier molecular flexibility index (Phi) is 19.6. The summed E-state index contributed by atoms with van der Waals surface area (Å²) in [6.07, 6.45) is 0.923. The first-order valence-corrected chi connectivity index (χ1v) is 23.1. The molecule has 0 aliphatic carbocycles. The number of ketones is 2. The van der Waals surface area contributed by atoms with Gasteiger partial charge in [-0.2, -0.15) is 20.5 Å². The molecule has 0 radical (unpaired) electrons. The lowest BCUT2D eigenvalue weighted by atomic mass is 10.1. The molecule has 0 bridgehead atoms. The minimum atomic E-state index is -1.64. The molecule has 0 fully saturated rings. The quantitative estimate of drug-likeness (QED) is 0.0314. The van der Waals surface area contributed by atoms with Gasteiger partial charge in [-0.3, -0.25) is 28.8 Å². The third kappa shape index (κ3) is 14.5. The highest BCUT2D eigenvalue weighted by molar-refractivity contribution is 6.32. The minimum absolute atomic E-state index is 0.0772. The molecule has 16 nitrogen and oxygen atoms in total. The highest BCUT2D eigenvalue weighted by atomic mass is 35.5. The maximum atomic E-state index is 13.6. The number of ether oxygens (including phenoxy) is 2. The molecule has 21 heteroatoms. The van der Waals surface area contributed by atoms with Gasteiger partial charge in [-0.05, 0) is 117 Å². The number of methoxy groups -OCH3 is 2. The van der Waals surface area contributed by atoms with Gasteiger partial charge in [0.25, 0.3) is 23.6 Å². The van der Waals surface area contributed by atoms with Gasteiger partial charge >= 0.3 is 0 Å². The summed E-state index contributed by atoms with van der Waals surface area (Å²) in [7, 11) is 2.95. The van der Waals surface area contributed by atoms with Gasteiger partial charge in [-0.25, -0.2) is 0 Å². The Bertz CT molecular complexity index is 2820. The molecule has 0 aromatic heterocycles. The first-order valence-electron chi connectivity index (χ1n) is 20.9. The van der Waals surface area contributed by atoms with Crippen LogP contribution < -0.4 is 30.7 Å². The lowest BCUT2D eigenvalue weighted by Crippen LogP contribution is -2.32. The van der Waals surface area contributed by atoms with Crippen molar-refractivity contribution in [1.82, 2.24) is 0 Å². The van der Waals surface area contributed by atoms with Gasteiger partial charge in [0.15, 0.2) is 11.6 Å². The van der Waals surface area contributed by atoms with Gasteiger partial charge in [-0.15, -0.1) is 34.8 Å². The molecule has 0 saturated heterocycles. The van der Waals surface area contributed by atoms with Crippen LogP contribution in [0.1, 0.15) is 63.6 Å². The summed E-state index contributed by atoms with van der Waals surface area (Å²) in [5.74, 6) is -2.65. The molecular formula is C48H45Cl5N8O8. The molecule has 0 heterocycles. The molecule has 360 valence electrons. The van der Waals surface area contributed by atoms with Crippen molar-refractivity contribution in [3.8, 4) is 11.5 Å². The smallest absolute Gasteiger partial charge is 0.258 e. The Morgan fingerprint density at radius 3 is 1.45 bits per heavy atom. The van der Waals surface area contributed by atoms with Crippen LogP contribution in [-0.4, -0.2) is 73.3 Å². The number of halogens is 5. The Labute approximate surface area is 422 Å². The summed E-state index contributed by atoms with van der Waals surface area (Å²) in [6.45, 7) is 3.92. The fraction of sp³-hybridized carbons (Fsp3) is 0.250. The molecule has 0 spiro atoms. The van der Waals surface area contributed by atoms with Gasteiger partial charge in [0.05, 0.1) is 42.3 Å². The zero-order valence-corrected chi connectivity index (χ0v) is 41.4. The molecule has 0 aliphatic rings. The van der Waals surface area contributed by atoms with Crippen LogP contribution in [0.25, 0.3) is 0 Å². The van der Waals surface area contributed by atoms with E-state index in [0.717, 1.165) is 25.0 Å². The highest BCUT2D eigenvalue weighted by Crippen LogP contribution is 2.34. The Morgan fingerprint density at radius 1 is 0.594 bits per heavy atom. The van der Waals surface area contributed by atoms with Gasteiger partial charge in [0, 0.05) is 44.3 Å². The van der Waals surface area contributed by atoms with E-state index < -0.39 is 52.7 Å². The number of para-hydroxylation sites is 2. The average Bonchev–Trinajstić information content (AvgIpc) is 3.30. The fourth-order valence-electron chi connectivity index (χ4n) is 6.68. The second kappa shape index (κ2) is 25.3. The van der Waals surface area contributed by atoms with Crippen LogP contribution in [0.2, 0.25) is 10.0 Å². The number of carbonyl (C=O) groups excluding carboxylic acids is 6. The molecule has 69 heavy (non-hydrogen) atoms. The first kappa shape index (κ1) is 53.5. The largest absolute Gasteiger partial charge is 0.495 e. The summed E-state index contributed by atoms with van der Waals surface area (Å²) >= 11 is 31.2. The van der Waals surface area contributed by atoms with E-state index in [2.05, 4.69) is 41.7 Å². The Hall–Kier alpha value is -6.43. The van der Waals surface area contributed by atoms with E-state index in [-0.39, 0.29) is 43.9 Å². The molecule has 3 atom stereocenters. The van der Waals surface area contributed by atoms with E-state index in [4.69, 9.17) is 67.5 Å². The van der Waals surface area contributed by atoms with E-state index >= 15 is 0 Å². The van der Waals surface area contributed by atoms with Gasteiger partial charge in [0.1, 0.15) is 11.5 Å². The Morgan fingerprint density at radius 2 is 1.04 bits per heavy atom. The van der Waals surface area contributed by atoms with Gasteiger partial charge in [0.2, 0.25) is 12.1 Å². The number of azo groups is 2. The molecule has 5 rings (SSSR count). The number of anilines is 4. The fourth-order valence-corrected chi connectivity index (χ4v) is 7.72. The monoisotopic (exact) mass is 1040 g/mol. The molecule has 3 unspecified atom stereocenters. The second-order valence-corrected chi connectivity index (χ2v) is 17.3. The molecule has 4 amide bonds. The van der Waals surface area contributed by atoms with Crippen LogP contribution in [0.5, 0.6) is 11.5 Å². The maximum absolute atomic E-state index is 13.6. The summed E-state index contributed by atoms with van der Waals surface area (Å²) in [5.41, 5.74) is 3.42. The SMILES string of the molecule is COc1cccc(CCCl)c1NC(=O)c1cc(Cl)cc(N=NC(C(C)=O)C(=O)Nc2ccc(NC(=O)C(N=Nc3cc(Cl)cc(C(=O)Nc4c(CCCl)cccc4OC)c3)C(C)=O)c(C(C)Cl)c2)c1. The molecule has 0 aliphatic heterocycles. The van der Waals surface area contributed by atoms with E-state index in [1.165, 1.54) is 68.8 Å². The standard InChI is InChI=1S/C48H45Cl5N8O8/c1-25(51)37-24-34(54-47(66)41(26(2)62)60-58-35-20-30(18-32(52)22-35)45(64)56-43-28(14-16-49)8-6-10-39(43)68-4)12-13-38(37)55-48(67)42(27(3)63)61-59-36-21-31(19-33(53)23-36)46(65)57-44-29(15-17-50)9-7-11-40(44)69-5/h6-13,18-25,41-42H,14-17H2,1-5H3,(H,54,66)(H,55,67)(H,56,64)(H,57,65). The van der Waals surface area contributed by atoms with Crippen molar-refractivity contribution in [1.29, 1.82) is 0 Å². The van der Waals surface area contributed by atoms with Crippen LogP contribution in [-0.2, 0) is 32.0 Å². The van der Waals surface area contributed by atoms with E-state index in [1.54, 1.807) is 31.2 Å². The van der Waals surface area contributed by atoms with Crippen LogP contribution in [0.4, 0.5) is 34.1 Å². The van der Waals surface area contributed by atoms with Crippen molar-refractivity contribution in [3.05, 3.63) is 129 Å². The van der Waals surface area contributed by atoms with Crippen molar-refractivity contribution in [3.63, 3.8) is 0 Å². The van der Waals surface area contributed by atoms with Gasteiger partial charge in [-0.1, -0.05) is 47.5 Å². The molecular weight excluding hydrogens is 994 g/mol. The van der Waals surface area contributed by atoms with E-state index in [1.807, 2.05) is 12.1 Å². The second-order valence-electron chi connectivity index (χ2n) is 15.0. The lowest BCUT2D eigenvalue weighted by Gasteiger charge is -2.17. The average molecular weight is 1040 g/mol. The van der Waals surface area contributed by atoms with Crippen LogP contribution >= 0.6 is 58.0 Å². The molecule has 5 aromatic rings. The van der Waals surface area contributed by atoms with Crippen molar-refractivity contribution in [2.24, 2.45) is 20.5 Å². The number of nitrogens with one attached hydrogen (secondary N) is 4. The van der Waals surface area contributed by atoms with Crippen LogP contribution in [0.3, 0.4) is 0 Å². The van der Waals surface area contributed by atoms with Crippen molar-refractivity contribution >= 4 is 127 Å². The van der Waals surface area contributed by atoms with Crippen LogP contribution in [0, 0.1) is 0 Å². The van der Waals surface area contributed by atoms with Gasteiger partial charge < -0.3 is 30.7 Å². The lowest BCUT2D eigenvalue weighted by molar-refractivity contribution is -0.127. The zero-order chi connectivity index (χ0) is 50.4. The first-order chi connectivity index (χ1) is 33.0. The zero-order valence-electron chi connectivity index (χ0n) is 37.7. The van der Waals surface area contributed by atoms with Crippen LogP contribution in [0.15, 0.2) is 111 Å². The molecule has 0 saturated carbocycles. The predicted octanol–water partition coefficient (Wildman–Crippen LogP) is 11.7. The summed E-state index contributed by atoms with van der Waals surface area (Å²) < 4.78 is 10.9. The summed E-state index contributed by atoms with van der Waals surface area (Å²) in [6, 6.07) is 20.0.